The SMILES string of the molecule is CC(C)(C)OC(=O)N1C(c2nc3ccc(BOC(C)(C)C(C)(C)O)cc3[nH]2)[C@H]2CC[C@@H]1C2. The van der Waals surface area contributed by atoms with E-state index in [1.807, 2.05) is 57.7 Å². The van der Waals surface area contributed by atoms with E-state index in [1.54, 1.807) is 13.8 Å². The van der Waals surface area contributed by atoms with Crippen LogP contribution in [-0.2, 0) is 9.39 Å². The Bertz CT molecular complexity index is 1000. The average Bonchev–Trinajstić information content (AvgIpc) is 3.37. The largest absolute Gasteiger partial charge is 0.444 e. The highest BCUT2D eigenvalue weighted by Gasteiger charge is 2.51. The number of fused-ring (bicyclic) bond motifs is 3. The van der Waals surface area contributed by atoms with Crippen molar-refractivity contribution >= 4 is 30.1 Å². The molecule has 174 valence electrons. The predicted molar refractivity (Wildman–Crippen MR) is 126 cm³/mol. The summed E-state index contributed by atoms with van der Waals surface area (Å²) in [4.78, 5) is 23.2. The Kier molecular flexibility index (Phi) is 5.61. The molecular weight excluding hydrogens is 405 g/mol. The summed E-state index contributed by atoms with van der Waals surface area (Å²) in [6, 6.07) is 6.17. The number of hydrogen-bond donors (Lipinski definition) is 2. The second-order valence-corrected chi connectivity index (χ2v) is 11.4. The average molecular weight is 441 g/mol. The molecule has 2 fully saturated rings. The van der Waals surface area contributed by atoms with E-state index >= 15 is 0 Å². The molecule has 1 aromatic heterocycles. The lowest BCUT2D eigenvalue weighted by Gasteiger charge is -2.37. The predicted octanol–water partition coefficient (Wildman–Crippen LogP) is 3.57. The van der Waals surface area contributed by atoms with Gasteiger partial charge < -0.3 is 19.5 Å². The van der Waals surface area contributed by atoms with Gasteiger partial charge in [0.05, 0.1) is 28.3 Å². The van der Waals surface area contributed by atoms with Crippen LogP contribution in [0.2, 0.25) is 0 Å². The first-order valence-corrected chi connectivity index (χ1v) is 11.6. The lowest BCUT2D eigenvalue weighted by Crippen LogP contribution is -2.49. The van der Waals surface area contributed by atoms with Gasteiger partial charge in [0.1, 0.15) is 11.4 Å². The molecule has 1 saturated heterocycles. The van der Waals surface area contributed by atoms with Gasteiger partial charge >= 0.3 is 13.6 Å². The zero-order valence-corrected chi connectivity index (χ0v) is 20.4. The van der Waals surface area contributed by atoms with Gasteiger partial charge in [-0.05, 0) is 85.8 Å². The lowest BCUT2D eigenvalue weighted by atomic mass is 9.82. The topological polar surface area (TPSA) is 87.7 Å². The zero-order valence-electron chi connectivity index (χ0n) is 20.4. The van der Waals surface area contributed by atoms with Crippen LogP contribution >= 0.6 is 0 Å². The van der Waals surface area contributed by atoms with Gasteiger partial charge in [-0.1, -0.05) is 11.5 Å². The lowest BCUT2D eigenvalue weighted by molar-refractivity contribution is -0.0893. The fraction of sp³-hybridized carbons (Fsp3) is 0.667. The van der Waals surface area contributed by atoms with E-state index in [0.717, 1.165) is 41.6 Å². The fourth-order valence-corrected chi connectivity index (χ4v) is 4.66. The number of ether oxygens (including phenoxy) is 1. The van der Waals surface area contributed by atoms with Crippen LogP contribution in [0.4, 0.5) is 4.79 Å². The molecule has 32 heavy (non-hydrogen) atoms. The van der Waals surface area contributed by atoms with Crippen LogP contribution < -0.4 is 5.46 Å². The Balaban J connectivity index is 1.56. The van der Waals surface area contributed by atoms with Crippen LogP contribution in [0.1, 0.15) is 79.6 Å². The molecule has 2 N–H and O–H groups in total. The number of aromatic amines is 1. The molecule has 8 heteroatoms. The van der Waals surface area contributed by atoms with Crippen LogP contribution in [0.15, 0.2) is 18.2 Å². The van der Waals surface area contributed by atoms with Crippen LogP contribution in [0, 0.1) is 5.92 Å². The molecule has 1 saturated carbocycles. The van der Waals surface area contributed by atoms with Gasteiger partial charge in [-0.15, -0.1) is 0 Å². The van der Waals surface area contributed by atoms with E-state index in [2.05, 4.69) is 4.98 Å². The van der Waals surface area contributed by atoms with Crippen molar-refractivity contribution in [2.45, 2.75) is 96.6 Å². The van der Waals surface area contributed by atoms with Crippen molar-refractivity contribution in [1.29, 1.82) is 0 Å². The maximum absolute atomic E-state index is 13.0. The fourth-order valence-electron chi connectivity index (χ4n) is 4.66. The van der Waals surface area contributed by atoms with Crippen LogP contribution in [0.5, 0.6) is 0 Å². The molecular formula is C24H36BN3O4. The van der Waals surface area contributed by atoms with E-state index in [4.69, 9.17) is 14.4 Å². The molecule has 0 radical (unpaired) electrons. The summed E-state index contributed by atoms with van der Waals surface area (Å²) in [5, 5.41) is 10.3. The summed E-state index contributed by atoms with van der Waals surface area (Å²) in [6.07, 6.45) is 2.89. The number of nitrogens with zero attached hydrogens (tertiary/aromatic N) is 2. The number of nitrogens with one attached hydrogen (secondary N) is 1. The molecule has 1 amide bonds. The third kappa shape index (κ3) is 4.39. The molecule has 2 bridgehead atoms. The second-order valence-electron chi connectivity index (χ2n) is 11.4. The molecule has 3 atom stereocenters. The molecule has 2 aromatic rings. The molecule has 2 aliphatic rings. The molecule has 0 spiro atoms. The normalized spacial score (nSPS) is 23.8. The number of carbonyl (C=O) groups excluding carboxylic acids is 1. The Morgan fingerprint density at radius 3 is 2.56 bits per heavy atom. The van der Waals surface area contributed by atoms with Gasteiger partial charge in [-0.25, -0.2) is 9.78 Å². The first kappa shape index (κ1) is 23.1. The van der Waals surface area contributed by atoms with Gasteiger partial charge in [-0.2, -0.15) is 0 Å². The number of piperidine rings is 1. The number of H-pyrrole nitrogens is 1. The summed E-state index contributed by atoms with van der Waals surface area (Å²) in [5.74, 6) is 1.23. The highest BCUT2D eigenvalue weighted by molar-refractivity contribution is 6.47. The number of amides is 1. The third-order valence-electron chi connectivity index (χ3n) is 7.11. The summed E-state index contributed by atoms with van der Waals surface area (Å²) in [6.45, 7) is 13.0. The maximum Gasteiger partial charge on any atom is 0.411 e. The van der Waals surface area contributed by atoms with E-state index in [0.29, 0.717) is 13.4 Å². The Labute approximate surface area is 191 Å². The van der Waals surface area contributed by atoms with Crippen molar-refractivity contribution in [2.75, 3.05) is 0 Å². The standard InChI is InChI=1S/C24H36BN3O4/c1-22(2,3)31-21(29)28-16-10-8-14(12-16)19(28)20-26-17-11-9-15(13-18(17)27-20)25-32-24(6,7)23(4,5)30/h9,11,13-14,16,19,25,30H,8,10,12H2,1-7H3,(H,26,27)/t14-,16+,19?/m0/s1. The Morgan fingerprint density at radius 2 is 1.91 bits per heavy atom. The number of carbonyl (C=O) groups is 1. The van der Waals surface area contributed by atoms with Crippen molar-refractivity contribution < 1.29 is 19.3 Å². The quantitative estimate of drug-likeness (QED) is 0.693. The Hall–Kier alpha value is -2.06. The number of rotatable bonds is 5. The van der Waals surface area contributed by atoms with Crippen molar-refractivity contribution in [2.24, 2.45) is 5.92 Å². The minimum absolute atomic E-state index is 0.0789. The minimum atomic E-state index is -0.953. The highest BCUT2D eigenvalue weighted by atomic mass is 16.6. The van der Waals surface area contributed by atoms with E-state index in [-0.39, 0.29) is 18.2 Å². The zero-order chi connectivity index (χ0) is 23.5. The number of aliphatic hydroxyl groups is 1. The Morgan fingerprint density at radius 1 is 1.19 bits per heavy atom. The maximum atomic E-state index is 13.0. The monoisotopic (exact) mass is 441 g/mol. The number of benzene rings is 1. The first-order chi connectivity index (χ1) is 14.7. The van der Waals surface area contributed by atoms with Crippen LogP contribution in [0.3, 0.4) is 0 Å². The van der Waals surface area contributed by atoms with Crippen molar-refractivity contribution in [3.05, 3.63) is 24.0 Å². The second kappa shape index (κ2) is 7.77. The van der Waals surface area contributed by atoms with Gasteiger partial charge in [0.15, 0.2) is 0 Å². The number of hydrogen-bond acceptors (Lipinski definition) is 5. The summed E-state index contributed by atoms with van der Waals surface area (Å²) < 4.78 is 11.7. The van der Waals surface area contributed by atoms with E-state index in [1.165, 1.54) is 0 Å². The number of imidazole rings is 1. The van der Waals surface area contributed by atoms with Gasteiger partial charge in [0, 0.05) is 6.04 Å². The van der Waals surface area contributed by atoms with E-state index < -0.39 is 16.8 Å². The third-order valence-corrected chi connectivity index (χ3v) is 7.11. The van der Waals surface area contributed by atoms with Crippen molar-refractivity contribution in [1.82, 2.24) is 14.9 Å². The minimum Gasteiger partial charge on any atom is -0.444 e. The number of likely N-dealkylation sites (tertiary alicyclic amines) is 1. The molecule has 1 aliphatic carbocycles. The van der Waals surface area contributed by atoms with Crippen LogP contribution in [-0.4, -0.2) is 56.4 Å². The molecule has 1 aliphatic heterocycles. The molecule has 7 nitrogen and oxygen atoms in total. The summed E-state index contributed by atoms with van der Waals surface area (Å²) in [7, 11) is 0.388. The number of aromatic nitrogens is 2. The molecule has 1 aromatic carbocycles. The molecule has 2 heterocycles. The van der Waals surface area contributed by atoms with Crippen LogP contribution in [0.25, 0.3) is 11.0 Å². The van der Waals surface area contributed by atoms with E-state index in [9.17, 15) is 9.90 Å². The smallest absolute Gasteiger partial charge is 0.411 e. The van der Waals surface area contributed by atoms with Gasteiger partial charge in [0.2, 0.25) is 0 Å². The summed E-state index contributed by atoms with van der Waals surface area (Å²) >= 11 is 0. The summed E-state index contributed by atoms with van der Waals surface area (Å²) in [5.41, 5.74) is 0.639. The van der Waals surface area contributed by atoms with Gasteiger partial charge in [-0.3, -0.25) is 4.90 Å². The van der Waals surface area contributed by atoms with Crippen molar-refractivity contribution in [3.63, 3.8) is 0 Å². The van der Waals surface area contributed by atoms with Gasteiger partial charge in [0.25, 0.3) is 0 Å². The van der Waals surface area contributed by atoms with Crippen molar-refractivity contribution in [3.8, 4) is 0 Å². The first-order valence-electron chi connectivity index (χ1n) is 11.6. The molecule has 1 unspecified atom stereocenters. The highest BCUT2D eigenvalue weighted by Crippen LogP contribution is 2.50. The molecule has 4 rings (SSSR count).